The molecule has 4 aromatic rings. The summed E-state index contributed by atoms with van der Waals surface area (Å²) in [6.07, 6.45) is 3.55. The van der Waals surface area contributed by atoms with Gasteiger partial charge in [0.1, 0.15) is 17.3 Å². The standard InChI is InChI=1S/C25H30N8/c1-15-13-33(14-16(2)30-15)22-6-4-5-19(32-22)12-29-20-8-10-28-25-24(20)23(17(3)31-25)18-7-9-27-21(26)11-18/h4-11,15-16,30H,12-14H2,1-3H3,(H2,26,27)(H2,28,29,31)/t15-,16+. The molecule has 8 nitrogen and oxygen atoms in total. The minimum Gasteiger partial charge on any atom is -0.384 e. The second-order valence-electron chi connectivity index (χ2n) is 8.89. The number of aromatic amines is 1. The van der Waals surface area contributed by atoms with E-state index < -0.39 is 0 Å². The fraction of sp³-hybridized carbons (Fsp3) is 0.320. The van der Waals surface area contributed by atoms with Crippen molar-refractivity contribution in [3.8, 4) is 11.1 Å². The first-order valence-electron chi connectivity index (χ1n) is 11.4. The molecular formula is C25H30N8. The Balaban J connectivity index is 1.43. The Hall–Kier alpha value is -3.65. The van der Waals surface area contributed by atoms with Gasteiger partial charge in [0.05, 0.1) is 12.2 Å². The fourth-order valence-corrected chi connectivity index (χ4v) is 4.79. The van der Waals surface area contributed by atoms with Crippen molar-refractivity contribution in [2.45, 2.75) is 39.4 Å². The van der Waals surface area contributed by atoms with Gasteiger partial charge in [-0.1, -0.05) is 6.07 Å². The molecule has 5 heterocycles. The monoisotopic (exact) mass is 442 g/mol. The van der Waals surface area contributed by atoms with E-state index in [2.05, 4.69) is 69.5 Å². The van der Waals surface area contributed by atoms with Crippen LogP contribution in [0.3, 0.4) is 0 Å². The van der Waals surface area contributed by atoms with Crippen LogP contribution < -0.4 is 21.3 Å². The van der Waals surface area contributed by atoms with E-state index >= 15 is 0 Å². The van der Waals surface area contributed by atoms with Crippen LogP contribution in [0.1, 0.15) is 25.2 Å². The van der Waals surface area contributed by atoms with E-state index in [-0.39, 0.29) is 0 Å². The number of fused-ring (bicyclic) bond motifs is 1. The van der Waals surface area contributed by atoms with Crippen molar-refractivity contribution in [2.24, 2.45) is 0 Å². The number of rotatable bonds is 5. The number of aromatic nitrogens is 4. The SMILES string of the molecule is Cc1[nH]c2nccc(NCc3cccc(N4C[C@@H](C)N[C@@H](C)C4)n3)c2c1-c1ccnc(N)c1. The van der Waals surface area contributed by atoms with Gasteiger partial charge >= 0.3 is 0 Å². The Morgan fingerprint density at radius 1 is 1.09 bits per heavy atom. The quantitative estimate of drug-likeness (QED) is 0.373. The minimum absolute atomic E-state index is 0.444. The lowest BCUT2D eigenvalue weighted by Gasteiger charge is -2.37. The van der Waals surface area contributed by atoms with E-state index in [1.54, 1.807) is 6.20 Å². The Labute approximate surface area is 193 Å². The topological polar surface area (TPSA) is 108 Å². The number of pyridine rings is 3. The Kier molecular flexibility index (Phi) is 5.60. The molecule has 5 rings (SSSR count). The normalized spacial score (nSPS) is 18.6. The summed E-state index contributed by atoms with van der Waals surface area (Å²) in [5, 5.41) is 8.21. The van der Waals surface area contributed by atoms with Gasteiger partial charge in [0, 0.05) is 59.9 Å². The summed E-state index contributed by atoms with van der Waals surface area (Å²) in [7, 11) is 0. The first kappa shape index (κ1) is 21.2. The first-order chi connectivity index (χ1) is 16.0. The van der Waals surface area contributed by atoms with Gasteiger partial charge < -0.3 is 26.3 Å². The van der Waals surface area contributed by atoms with Crippen molar-refractivity contribution < 1.29 is 0 Å². The van der Waals surface area contributed by atoms with Crippen molar-refractivity contribution >= 4 is 28.4 Å². The molecule has 0 spiro atoms. The summed E-state index contributed by atoms with van der Waals surface area (Å²) < 4.78 is 0. The maximum Gasteiger partial charge on any atom is 0.140 e. The van der Waals surface area contributed by atoms with Crippen LogP contribution in [-0.2, 0) is 6.54 Å². The molecule has 0 bridgehead atoms. The number of anilines is 3. The van der Waals surface area contributed by atoms with Crippen molar-refractivity contribution in [3.63, 3.8) is 0 Å². The molecule has 0 saturated carbocycles. The highest BCUT2D eigenvalue weighted by Crippen LogP contribution is 2.36. The van der Waals surface area contributed by atoms with Gasteiger partial charge in [-0.05, 0) is 56.7 Å². The Morgan fingerprint density at radius 2 is 1.88 bits per heavy atom. The molecule has 0 unspecified atom stereocenters. The molecule has 1 saturated heterocycles. The van der Waals surface area contributed by atoms with Crippen molar-refractivity contribution in [1.82, 2.24) is 25.3 Å². The number of H-pyrrole nitrogens is 1. The zero-order chi connectivity index (χ0) is 22.9. The molecule has 1 aliphatic rings. The molecular weight excluding hydrogens is 412 g/mol. The first-order valence-corrected chi connectivity index (χ1v) is 11.4. The predicted molar refractivity (Wildman–Crippen MR) is 134 cm³/mol. The van der Waals surface area contributed by atoms with E-state index in [0.29, 0.717) is 24.4 Å². The van der Waals surface area contributed by atoms with Gasteiger partial charge in [-0.15, -0.1) is 0 Å². The summed E-state index contributed by atoms with van der Waals surface area (Å²) in [6.45, 7) is 9.02. The maximum atomic E-state index is 5.96. The highest BCUT2D eigenvalue weighted by atomic mass is 15.3. The van der Waals surface area contributed by atoms with Gasteiger partial charge in [-0.3, -0.25) is 0 Å². The van der Waals surface area contributed by atoms with Crippen LogP contribution in [0.4, 0.5) is 17.3 Å². The lowest BCUT2D eigenvalue weighted by atomic mass is 10.0. The molecule has 0 amide bonds. The number of aryl methyl sites for hydroxylation is 1. The third kappa shape index (κ3) is 4.34. The molecule has 1 aliphatic heterocycles. The molecule has 33 heavy (non-hydrogen) atoms. The van der Waals surface area contributed by atoms with Crippen LogP contribution in [0.2, 0.25) is 0 Å². The van der Waals surface area contributed by atoms with Gasteiger partial charge in [-0.25, -0.2) is 15.0 Å². The zero-order valence-electron chi connectivity index (χ0n) is 19.3. The molecule has 0 radical (unpaired) electrons. The molecule has 0 aromatic carbocycles. The molecule has 1 fully saturated rings. The van der Waals surface area contributed by atoms with E-state index in [4.69, 9.17) is 10.7 Å². The number of hydrogen-bond acceptors (Lipinski definition) is 7. The Morgan fingerprint density at radius 3 is 2.67 bits per heavy atom. The number of nitrogens with zero attached hydrogens (tertiary/aromatic N) is 4. The third-order valence-electron chi connectivity index (χ3n) is 6.09. The van der Waals surface area contributed by atoms with Crippen LogP contribution >= 0.6 is 0 Å². The average molecular weight is 443 g/mol. The summed E-state index contributed by atoms with van der Waals surface area (Å²) >= 11 is 0. The summed E-state index contributed by atoms with van der Waals surface area (Å²) in [5.74, 6) is 1.53. The second-order valence-corrected chi connectivity index (χ2v) is 8.89. The van der Waals surface area contributed by atoms with E-state index in [1.165, 1.54) is 0 Å². The van der Waals surface area contributed by atoms with Crippen LogP contribution in [0, 0.1) is 6.92 Å². The number of nitrogen functional groups attached to an aromatic ring is 1. The van der Waals surface area contributed by atoms with E-state index in [1.807, 2.05) is 24.4 Å². The van der Waals surface area contributed by atoms with Crippen LogP contribution in [0.5, 0.6) is 0 Å². The van der Waals surface area contributed by atoms with E-state index in [9.17, 15) is 0 Å². The molecule has 2 atom stereocenters. The zero-order valence-corrected chi connectivity index (χ0v) is 19.3. The lowest BCUT2D eigenvalue weighted by Crippen LogP contribution is -2.54. The van der Waals surface area contributed by atoms with Gasteiger partial charge in [-0.2, -0.15) is 0 Å². The second kappa shape index (κ2) is 8.71. The Bertz CT molecular complexity index is 1270. The number of nitrogens with one attached hydrogen (secondary N) is 3. The molecule has 4 aromatic heterocycles. The molecule has 170 valence electrons. The van der Waals surface area contributed by atoms with Gasteiger partial charge in [0.15, 0.2) is 0 Å². The molecule has 8 heteroatoms. The maximum absolute atomic E-state index is 5.96. The lowest BCUT2D eigenvalue weighted by molar-refractivity contribution is 0.405. The third-order valence-corrected chi connectivity index (χ3v) is 6.09. The highest BCUT2D eigenvalue weighted by Gasteiger charge is 2.22. The average Bonchev–Trinajstić information content (AvgIpc) is 3.13. The van der Waals surface area contributed by atoms with Crippen molar-refractivity contribution in [2.75, 3.05) is 29.0 Å². The van der Waals surface area contributed by atoms with Crippen LogP contribution in [0.15, 0.2) is 48.8 Å². The van der Waals surface area contributed by atoms with Crippen molar-refractivity contribution in [3.05, 3.63) is 60.2 Å². The predicted octanol–water partition coefficient (Wildman–Crippen LogP) is 3.71. The number of hydrogen-bond donors (Lipinski definition) is 4. The smallest absolute Gasteiger partial charge is 0.140 e. The van der Waals surface area contributed by atoms with E-state index in [0.717, 1.165) is 58.1 Å². The minimum atomic E-state index is 0.444. The van der Waals surface area contributed by atoms with Crippen LogP contribution in [0.25, 0.3) is 22.2 Å². The summed E-state index contributed by atoms with van der Waals surface area (Å²) in [5.41, 5.74) is 11.9. The van der Waals surface area contributed by atoms with Crippen molar-refractivity contribution in [1.29, 1.82) is 0 Å². The number of piperazine rings is 1. The molecule has 0 aliphatic carbocycles. The van der Waals surface area contributed by atoms with Gasteiger partial charge in [0.2, 0.25) is 0 Å². The fourth-order valence-electron chi connectivity index (χ4n) is 4.79. The van der Waals surface area contributed by atoms with Gasteiger partial charge in [0.25, 0.3) is 0 Å². The summed E-state index contributed by atoms with van der Waals surface area (Å²) in [6, 6.07) is 13.0. The molecule has 5 N–H and O–H groups in total. The summed E-state index contributed by atoms with van der Waals surface area (Å²) in [4.78, 5) is 19.4. The highest BCUT2D eigenvalue weighted by molar-refractivity contribution is 6.03. The largest absolute Gasteiger partial charge is 0.384 e. The number of nitrogens with two attached hydrogens (primary N) is 1. The van der Waals surface area contributed by atoms with Crippen LogP contribution in [-0.4, -0.2) is 45.1 Å².